The van der Waals surface area contributed by atoms with E-state index in [1.807, 2.05) is 37.3 Å². The van der Waals surface area contributed by atoms with Gasteiger partial charge >= 0.3 is 0 Å². The molecule has 106 valence electrons. The highest BCUT2D eigenvalue weighted by Crippen LogP contribution is 2.29. The van der Waals surface area contributed by atoms with Gasteiger partial charge in [-0.3, -0.25) is 10.8 Å². The number of nitrogens with zero attached hydrogens (tertiary/aromatic N) is 1. The zero-order valence-electron chi connectivity index (χ0n) is 11.7. The van der Waals surface area contributed by atoms with Crippen LogP contribution in [-0.2, 0) is 0 Å². The fourth-order valence-corrected chi connectivity index (χ4v) is 2.68. The number of benzene rings is 2. The molecule has 3 nitrogen and oxygen atoms in total. The van der Waals surface area contributed by atoms with Gasteiger partial charge in [0.25, 0.3) is 0 Å². The Balaban J connectivity index is 2.18. The average molecular weight is 281 g/mol. The molecule has 1 unspecified atom stereocenters. The molecule has 0 fully saturated rings. The summed E-state index contributed by atoms with van der Waals surface area (Å²) in [4.78, 5) is 4.36. The molecule has 0 saturated heterocycles. The molecule has 3 N–H and O–H groups in total. The highest BCUT2D eigenvalue weighted by Gasteiger charge is 2.17. The zero-order valence-corrected chi connectivity index (χ0v) is 11.7. The van der Waals surface area contributed by atoms with Gasteiger partial charge in [0.05, 0.1) is 11.6 Å². The molecule has 4 heteroatoms. The standard InChI is InChI=1S/C17H16FN3/c1-11-10-12(18)6-7-13(11)17(21-19)15-8-9-20-16-5-3-2-4-14(15)16/h2-10,17,21H,19H2,1H3. The van der Waals surface area contributed by atoms with E-state index in [1.165, 1.54) is 12.1 Å². The van der Waals surface area contributed by atoms with Crippen molar-refractivity contribution in [3.8, 4) is 0 Å². The number of halogens is 1. The first-order chi connectivity index (χ1) is 10.2. The number of hydrogen-bond acceptors (Lipinski definition) is 3. The molecule has 3 rings (SSSR count). The number of nitrogens with one attached hydrogen (secondary N) is 1. The summed E-state index contributed by atoms with van der Waals surface area (Å²) in [6.07, 6.45) is 1.76. The minimum absolute atomic E-state index is 0.210. The molecule has 2 aromatic carbocycles. The molecule has 1 aromatic heterocycles. The molecule has 0 aliphatic rings. The maximum absolute atomic E-state index is 13.3. The van der Waals surface area contributed by atoms with Crippen molar-refractivity contribution < 1.29 is 4.39 Å². The number of para-hydroxylation sites is 1. The van der Waals surface area contributed by atoms with Gasteiger partial charge in [-0.1, -0.05) is 24.3 Å². The van der Waals surface area contributed by atoms with Gasteiger partial charge in [0.2, 0.25) is 0 Å². The van der Waals surface area contributed by atoms with Crippen LogP contribution >= 0.6 is 0 Å². The second-order valence-corrected chi connectivity index (χ2v) is 5.02. The lowest BCUT2D eigenvalue weighted by Gasteiger charge is -2.20. The molecule has 0 aliphatic carbocycles. The summed E-state index contributed by atoms with van der Waals surface area (Å²) in [5.41, 5.74) is 6.59. The molecule has 0 bridgehead atoms. The van der Waals surface area contributed by atoms with Crippen LogP contribution in [0.3, 0.4) is 0 Å². The van der Waals surface area contributed by atoms with Crippen LogP contribution in [0.5, 0.6) is 0 Å². The molecule has 21 heavy (non-hydrogen) atoms. The monoisotopic (exact) mass is 281 g/mol. The largest absolute Gasteiger partial charge is 0.271 e. The molecule has 0 amide bonds. The van der Waals surface area contributed by atoms with Crippen molar-refractivity contribution in [2.45, 2.75) is 13.0 Å². The van der Waals surface area contributed by atoms with Crippen LogP contribution < -0.4 is 11.3 Å². The van der Waals surface area contributed by atoms with Gasteiger partial charge in [0.1, 0.15) is 5.82 Å². The Bertz CT molecular complexity index is 781. The van der Waals surface area contributed by atoms with Crippen molar-refractivity contribution in [3.63, 3.8) is 0 Å². The summed E-state index contributed by atoms with van der Waals surface area (Å²) in [6.45, 7) is 1.88. The van der Waals surface area contributed by atoms with E-state index in [9.17, 15) is 4.39 Å². The number of rotatable bonds is 3. The molecule has 0 radical (unpaired) electrons. The normalized spacial score (nSPS) is 12.5. The first kappa shape index (κ1) is 13.7. The van der Waals surface area contributed by atoms with E-state index in [-0.39, 0.29) is 11.9 Å². The van der Waals surface area contributed by atoms with Crippen LogP contribution in [0.1, 0.15) is 22.7 Å². The van der Waals surface area contributed by atoms with Gasteiger partial charge in [-0.2, -0.15) is 0 Å². The van der Waals surface area contributed by atoms with E-state index in [2.05, 4.69) is 10.4 Å². The average Bonchev–Trinajstić information content (AvgIpc) is 2.50. The molecule has 0 aliphatic heterocycles. The SMILES string of the molecule is Cc1cc(F)ccc1C(NN)c1ccnc2ccccc12. The predicted octanol–water partition coefficient (Wildman–Crippen LogP) is 3.24. The predicted molar refractivity (Wildman–Crippen MR) is 82.0 cm³/mol. The van der Waals surface area contributed by atoms with Crippen molar-refractivity contribution in [3.05, 3.63) is 77.2 Å². The Labute approximate surface area is 122 Å². The van der Waals surface area contributed by atoms with Gasteiger partial charge in [0, 0.05) is 11.6 Å². The van der Waals surface area contributed by atoms with Crippen LogP contribution in [0.2, 0.25) is 0 Å². The van der Waals surface area contributed by atoms with Gasteiger partial charge in [0.15, 0.2) is 0 Å². The first-order valence-corrected chi connectivity index (χ1v) is 6.76. The minimum Gasteiger partial charge on any atom is -0.271 e. The van der Waals surface area contributed by atoms with E-state index < -0.39 is 0 Å². The lowest BCUT2D eigenvalue weighted by Crippen LogP contribution is -2.29. The smallest absolute Gasteiger partial charge is 0.123 e. The third-order valence-corrected chi connectivity index (χ3v) is 3.70. The van der Waals surface area contributed by atoms with E-state index in [4.69, 9.17) is 5.84 Å². The van der Waals surface area contributed by atoms with Crippen LogP contribution in [0, 0.1) is 12.7 Å². The first-order valence-electron chi connectivity index (χ1n) is 6.76. The second kappa shape index (κ2) is 5.60. The topological polar surface area (TPSA) is 50.9 Å². The molecule has 1 heterocycles. The molecule has 3 aromatic rings. The summed E-state index contributed by atoms with van der Waals surface area (Å²) < 4.78 is 13.3. The number of fused-ring (bicyclic) bond motifs is 1. The van der Waals surface area contributed by atoms with Crippen molar-refractivity contribution >= 4 is 10.9 Å². The number of aryl methyl sites for hydroxylation is 1. The van der Waals surface area contributed by atoms with Gasteiger partial charge < -0.3 is 0 Å². The Morgan fingerprint density at radius 1 is 1.10 bits per heavy atom. The number of pyridine rings is 1. The molecule has 0 saturated carbocycles. The van der Waals surface area contributed by atoms with Crippen LogP contribution in [0.4, 0.5) is 4.39 Å². The highest BCUT2D eigenvalue weighted by molar-refractivity contribution is 5.82. The minimum atomic E-state index is -0.244. The summed E-state index contributed by atoms with van der Waals surface area (Å²) in [5, 5.41) is 1.03. The van der Waals surface area contributed by atoms with Crippen molar-refractivity contribution in [1.82, 2.24) is 10.4 Å². The van der Waals surface area contributed by atoms with E-state index >= 15 is 0 Å². The summed E-state index contributed by atoms with van der Waals surface area (Å²) >= 11 is 0. The van der Waals surface area contributed by atoms with E-state index in [0.717, 1.165) is 27.6 Å². The third-order valence-electron chi connectivity index (χ3n) is 3.70. The van der Waals surface area contributed by atoms with Gasteiger partial charge in [-0.05, 0) is 47.9 Å². The second-order valence-electron chi connectivity index (χ2n) is 5.02. The Morgan fingerprint density at radius 2 is 1.90 bits per heavy atom. The van der Waals surface area contributed by atoms with Crippen molar-refractivity contribution in [2.75, 3.05) is 0 Å². The Kier molecular flexibility index (Phi) is 3.64. The number of nitrogens with two attached hydrogens (primary N) is 1. The van der Waals surface area contributed by atoms with Crippen molar-refractivity contribution in [2.24, 2.45) is 5.84 Å². The maximum atomic E-state index is 13.3. The fraction of sp³-hybridized carbons (Fsp3) is 0.118. The van der Waals surface area contributed by atoms with Gasteiger partial charge in [-0.15, -0.1) is 0 Å². The highest BCUT2D eigenvalue weighted by atomic mass is 19.1. The molecule has 1 atom stereocenters. The summed E-state index contributed by atoms with van der Waals surface area (Å²) in [7, 11) is 0. The lowest BCUT2D eigenvalue weighted by molar-refractivity contribution is 0.613. The van der Waals surface area contributed by atoms with E-state index in [1.54, 1.807) is 12.3 Å². The van der Waals surface area contributed by atoms with E-state index in [0.29, 0.717) is 0 Å². The number of hydrazine groups is 1. The van der Waals surface area contributed by atoms with Crippen LogP contribution in [0.25, 0.3) is 10.9 Å². The Hall–Kier alpha value is -2.30. The summed E-state index contributed by atoms with van der Waals surface area (Å²) in [6, 6.07) is 14.4. The molecular weight excluding hydrogens is 265 g/mol. The van der Waals surface area contributed by atoms with Gasteiger partial charge in [-0.25, -0.2) is 9.82 Å². The van der Waals surface area contributed by atoms with Crippen LogP contribution in [0.15, 0.2) is 54.7 Å². The lowest BCUT2D eigenvalue weighted by atomic mass is 9.93. The third kappa shape index (κ3) is 2.51. The summed E-state index contributed by atoms with van der Waals surface area (Å²) in [5.74, 6) is 5.53. The van der Waals surface area contributed by atoms with Crippen LogP contribution in [-0.4, -0.2) is 4.98 Å². The quantitative estimate of drug-likeness (QED) is 0.572. The number of hydrogen-bond donors (Lipinski definition) is 2. The molecule has 0 spiro atoms. The zero-order chi connectivity index (χ0) is 14.8. The maximum Gasteiger partial charge on any atom is 0.123 e. The number of aromatic nitrogens is 1. The van der Waals surface area contributed by atoms with Crippen molar-refractivity contribution in [1.29, 1.82) is 0 Å². The Morgan fingerprint density at radius 3 is 2.67 bits per heavy atom. The molecular formula is C17H16FN3. The fourth-order valence-electron chi connectivity index (χ4n) is 2.68.